The fourth-order valence-corrected chi connectivity index (χ4v) is 7.19. The van der Waals surface area contributed by atoms with Crippen LogP contribution in [0.1, 0.15) is 51.9 Å². The SMILES string of the molecule is C.CCO.COCC[Si](C)(C)C.COc1cc(C=O)c(OCc2c(-c3ccn[nH]3)ncc3ccccc23)cn1.COc1cc(C=O)c(OCc2c(C3=CC=NC3)ncc3ccccc23)cn1. The van der Waals surface area contributed by atoms with E-state index < -0.39 is 8.07 Å². The molecule has 0 amide bonds. The number of pyridine rings is 4. The van der Waals surface area contributed by atoms with Gasteiger partial charge < -0.3 is 28.8 Å². The maximum Gasteiger partial charge on any atom is 0.213 e. The molecule has 346 valence electrons. The van der Waals surface area contributed by atoms with Crippen molar-refractivity contribution in [2.45, 2.75) is 53.2 Å². The Labute approximate surface area is 387 Å². The van der Waals surface area contributed by atoms with Crippen molar-refractivity contribution in [3.63, 3.8) is 0 Å². The highest BCUT2D eigenvalue weighted by Crippen LogP contribution is 2.31. The Hall–Kier alpha value is -7.14. The number of carbonyl (C=O) groups is 2. The molecule has 0 atom stereocenters. The first-order chi connectivity index (χ1) is 31.6. The number of hydrogen-bond donors (Lipinski definition) is 2. The highest BCUT2D eigenvalue weighted by molar-refractivity contribution is 6.76. The first-order valence-electron chi connectivity index (χ1n) is 20.8. The van der Waals surface area contributed by atoms with Gasteiger partial charge in [-0.3, -0.25) is 29.6 Å². The maximum absolute atomic E-state index is 11.4. The molecule has 0 unspecified atom stereocenters. The highest BCUT2D eigenvalue weighted by atomic mass is 28.3. The van der Waals surface area contributed by atoms with Gasteiger partial charge in [-0.2, -0.15) is 5.10 Å². The molecule has 1 aliphatic heterocycles. The number of aliphatic hydroxyl groups excluding tert-OH is 1. The number of hydrogen-bond acceptors (Lipinski definition) is 14. The molecule has 1 aliphatic rings. The van der Waals surface area contributed by atoms with Gasteiger partial charge in [-0.25, -0.2) is 9.97 Å². The van der Waals surface area contributed by atoms with Crippen molar-refractivity contribution in [2.75, 3.05) is 41.1 Å². The van der Waals surface area contributed by atoms with Gasteiger partial charge in [-0.05, 0) is 35.9 Å². The van der Waals surface area contributed by atoms with Crippen LogP contribution in [0.3, 0.4) is 0 Å². The molecule has 16 heteroatoms. The number of methoxy groups -OCH3 is 3. The molecule has 0 saturated heterocycles. The molecule has 7 aromatic rings. The summed E-state index contributed by atoms with van der Waals surface area (Å²) in [7, 11) is 3.96. The first-order valence-corrected chi connectivity index (χ1v) is 24.5. The number of aldehydes is 2. The Kier molecular flexibility index (Phi) is 20.3. The number of fused-ring (bicyclic) bond motifs is 2. The number of nitrogens with zero attached hydrogens (tertiary/aromatic N) is 6. The van der Waals surface area contributed by atoms with E-state index in [2.05, 4.69) is 54.8 Å². The lowest BCUT2D eigenvalue weighted by Gasteiger charge is -2.15. The number of allylic oxidation sites excluding steroid dienone is 1. The van der Waals surface area contributed by atoms with Crippen LogP contribution >= 0.6 is 0 Å². The molecule has 0 aliphatic carbocycles. The molecule has 0 bridgehead atoms. The van der Waals surface area contributed by atoms with Gasteiger partial charge in [0.2, 0.25) is 11.8 Å². The predicted octanol–water partition coefficient (Wildman–Crippen LogP) is 9.52. The second-order valence-corrected chi connectivity index (χ2v) is 21.1. The minimum atomic E-state index is -0.803. The van der Waals surface area contributed by atoms with Crippen molar-refractivity contribution in [1.29, 1.82) is 0 Å². The van der Waals surface area contributed by atoms with Gasteiger partial charge in [0.25, 0.3) is 0 Å². The van der Waals surface area contributed by atoms with Gasteiger partial charge in [0.1, 0.15) is 24.7 Å². The van der Waals surface area contributed by atoms with Crippen molar-refractivity contribution < 1.29 is 38.4 Å². The molecule has 0 saturated carbocycles. The molecule has 66 heavy (non-hydrogen) atoms. The summed E-state index contributed by atoms with van der Waals surface area (Å²) in [5.41, 5.74) is 6.06. The van der Waals surface area contributed by atoms with E-state index in [9.17, 15) is 9.59 Å². The normalized spacial score (nSPS) is 11.4. The van der Waals surface area contributed by atoms with E-state index in [1.165, 1.54) is 32.7 Å². The van der Waals surface area contributed by atoms with Crippen LogP contribution in [0, 0.1) is 0 Å². The number of ether oxygens (including phenoxy) is 5. The summed E-state index contributed by atoms with van der Waals surface area (Å²) in [5.74, 6) is 1.51. The zero-order valence-electron chi connectivity index (χ0n) is 37.8. The average molecular weight is 914 g/mol. The van der Waals surface area contributed by atoms with Gasteiger partial charge >= 0.3 is 0 Å². The Morgan fingerprint density at radius 3 is 1.67 bits per heavy atom. The van der Waals surface area contributed by atoms with Crippen molar-refractivity contribution in [2.24, 2.45) is 4.99 Å². The smallest absolute Gasteiger partial charge is 0.213 e. The van der Waals surface area contributed by atoms with Crippen molar-refractivity contribution in [3.05, 3.63) is 132 Å². The summed E-state index contributed by atoms with van der Waals surface area (Å²) in [4.78, 5) is 44.5. The van der Waals surface area contributed by atoms with Gasteiger partial charge in [-0.15, -0.1) is 0 Å². The Balaban J connectivity index is 0.000000233. The van der Waals surface area contributed by atoms with Crippen molar-refractivity contribution in [3.8, 4) is 34.6 Å². The van der Waals surface area contributed by atoms with Gasteiger partial charge in [0.05, 0.1) is 61.4 Å². The number of H-pyrrole nitrogens is 1. The number of aliphatic hydroxyl groups is 1. The van der Waals surface area contributed by atoms with Crippen LogP contribution in [0.5, 0.6) is 23.3 Å². The molecule has 0 fully saturated rings. The summed E-state index contributed by atoms with van der Waals surface area (Å²) in [5, 5.41) is 18.6. The summed E-state index contributed by atoms with van der Waals surface area (Å²) in [6, 6.07) is 22.2. The molecule has 5 aromatic heterocycles. The minimum absolute atomic E-state index is 0. The van der Waals surface area contributed by atoms with E-state index in [1.54, 1.807) is 38.6 Å². The van der Waals surface area contributed by atoms with Crippen LogP contribution in [0.2, 0.25) is 25.7 Å². The number of benzene rings is 2. The molecule has 0 radical (unpaired) electrons. The quantitative estimate of drug-likeness (QED) is 0.0730. The zero-order valence-corrected chi connectivity index (χ0v) is 38.8. The molecule has 2 aromatic carbocycles. The van der Waals surface area contributed by atoms with Crippen LogP contribution < -0.4 is 18.9 Å². The molecular formula is C50H59N7O8Si. The van der Waals surface area contributed by atoms with E-state index in [1.807, 2.05) is 73.1 Å². The molecular weight excluding hydrogens is 855 g/mol. The monoisotopic (exact) mass is 913 g/mol. The van der Waals surface area contributed by atoms with E-state index >= 15 is 0 Å². The zero-order chi connectivity index (χ0) is 46.6. The van der Waals surface area contributed by atoms with Crippen LogP contribution in [0.4, 0.5) is 0 Å². The lowest BCUT2D eigenvalue weighted by Crippen LogP contribution is -2.21. The fraction of sp³-hybridized carbons (Fsp3) is 0.280. The van der Waals surface area contributed by atoms with E-state index in [0.29, 0.717) is 40.9 Å². The lowest BCUT2D eigenvalue weighted by atomic mass is 10.0. The number of aromatic amines is 1. The standard InChI is InChI=1S/C21H17N3O3.C20H16N4O3.C6H16OSi.C2H6O.CH4/c1-26-20-8-16(12-25)19(11-23-20)27-13-18-17-5-3-2-4-14(17)10-24-21(18)15-6-7-22-9-15;1-26-19-8-14(11-25)18(10-21-19)27-12-16-15-5-3-2-4-13(15)9-22-20(16)17-6-7-23-24-17;1-7-5-6-8(2,3)4;1-2-3;/h2-8,10-12H,9,13H2,1H3;2-11H,12H2,1H3,(H,23,24);5-6H2,1-4H3;3H,2H2,1H3;1H4. The largest absolute Gasteiger partial charge is 0.486 e. The second kappa shape index (κ2) is 26.0. The lowest BCUT2D eigenvalue weighted by molar-refractivity contribution is 0.111. The van der Waals surface area contributed by atoms with Gasteiger partial charge in [-0.1, -0.05) is 75.6 Å². The topological polar surface area (TPSA) is 193 Å². The summed E-state index contributed by atoms with van der Waals surface area (Å²) >= 11 is 0. The molecule has 2 N–H and O–H groups in total. The summed E-state index contributed by atoms with van der Waals surface area (Å²) < 4.78 is 27.0. The Bertz CT molecular complexity index is 2700. The van der Waals surface area contributed by atoms with Crippen LogP contribution in [-0.2, 0) is 18.0 Å². The summed E-state index contributed by atoms with van der Waals surface area (Å²) in [6.45, 7) is 11.0. The van der Waals surface area contributed by atoms with Crippen LogP contribution in [0.15, 0.2) is 109 Å². The Morgan fingerprint density at radius 1 is 0.727 bits per heavy atom. The van der Waals surface area contributed by atoms with Crippen molar-refractivity contribution >= 4 is 54.0 Å². The van der Waals surface area contributed by atoms with Crippen LogP contribution in [-0.4, -0.2) is 103 Å². The molecule has 6 heterocycles. The first kappa shape index (κ1) is 51.5. The Morgan fingerprint density at radius 2 is 1.24 bits per heavy atom. The van der Waals surface area contributed by atoms with Gasteiger partial charge in [0.15, 0.2) is 12.6 Å². The molecule has 15 nitrogen and oxygen atoms in total. The maximum atomic E-state index is 11.4. The van der Waals surface area contributed by atoms with Crippen molar-refractivity contribution in [1.82, 2.24) is 30.1 Å². The third kappa shape index (κ3) is 14.2. The third-order valence-corrected chi connectivity index (χ3v) is 11.4. The highest BCUT2D eigenvalue weighted by Gasteiger charge is 2.18. The number of nitrogens with one attached hydrogen (secondary N) is 1. The average Bonchev–Trinajstić information content (AvgIpc) is 4.08. The van der Waals surface area contributed by atoms with E-state index in [-0.39, 0.29) is 27.2 Å². The summed E-state index contributed by atoms with van der Waals surface area (Å²) in [6.07, 6.45) is 13.5. The molecule has 8 rings (SSSR count). The van der Waals surface area contributed by atoms with Gasteiger partial charge in [0, 0.05) is 92.8 Å². The fourth-order valence-electron chi connectivity index (χ4n) is 6.37. The third-order valence-electron chi connectivity index (χ3n) is 9.73. The number of aromatic nitrogens is 6. The number of rotatable bonds is 15. The second-order valence-electron chi connectivity index (χ2n) is 15.5. The molecule has 0 spiro atoms. The van der Waals surface area contributed by atoms with Crippen LogP contribution in [0.25, 0.3) is 38.5 Å². The number of carbonyl (C=O) groups excluding carboxylic acids is 2. The predicted molar refractivity (Wildman–Crippen MR) is 263 cm³/mol. The van der Waals surface area contributed by atoms with E-state index in [0.717, 1.165) is 74.5 Å². The minimum Gasteiger partial charge on any atom is -0.486 e. The van der Waals surface area contributed by atoms with E-state index in [4.69, 9.17) is 28.8 Å². The number of aliphatic imine (C=N–C) groups is 1.